The molecule has 2 rings (SSSR count). The lowest BCUT2D eigenvalue weighted by Crippen LogP contribution is -2.01. The molecule has 0 aliphatic carbocycles. The molecular formula is C12H11N7O2. The van der Waals surface area contributed by atoms with Gasteiger partial charge in [-0.1, -0.05) is 12.1 Å². The van der Waals surface area contributed by atoms with E-state index in [9.17, 15) is 4.79 Å². The number of carbonyl (C=O) groups excluding carboxylic acids is 1. The molecule has 106 valence electrons. The van der Waals surface area contributed by atoms with Gasteiger partial charge in [0.2, 0.25) is 5.95 Å². The van der Waals surface area contributed by atoms with Gasteiger partial charge in [0.1, 0.15) is 0 Å². The molecule has 0 aliphatic heterocycles. The summed E-state index contributed by atoms with van der Waals surface area (Å²) < 4.78 is 5.93. The zero-order valence-electron chi connectivity index (χ0n) is 11.3. The molecule has 0 atom stereocenters. The first-order valence-corrected chi connectivity index (χ1v) is 5.85. The van der Waals surface area contributed by atoms with E-state index in [-0.39, 0.29) is 5.95 Å². The van der Waals surface area contributed by atoms with Crippen molar-refractivity contribution in [2.75, 3.05) is 7.11 Å². The van der Waals surface area contributed by atoms with Crippen LogP contribution in [0.15, 0.2) is 34.5 Å². The summed E-state index contributed by atoms with van der Waals surface area (Å²) in [6.07, 6.45) is 1.54. The second-order valence-electron chi connectivity index (χ2n) is 3.91. The summed E-state index contributed by atoms with van der Waals surface area (Å²) in [6.45, 7) is 1.68. The van der Waals surface area contributed by atoms with Gasteiger partial charge in [-0.05, 0) is 35.3 Å². The first kappa shape index (κ1) is 14.2. The minimum absolute atomic E-state index is 0.0532. The lowest BCUT2D eigenvalue weighted by atomic mass is 10.1. The number of azide groups is 1. The average Bonchev–Trinajstić information content (AvgIpc) is 2.86. The van der Waals surface area contributed by atoms with Crippen LogP contribution >= 0.6 is 0 Å². The highest BCUT2D eigenvalue weighted by atomic mass is 16.5. The first-order chi connectivity index (χ1) is 10.2. The molecule has 0 N–H and O–H groups in total. The van der Waals surface area contributed by atoms with Crippen molar-refractivity contribution in [2.45, 2.75) is 6.92 Å². The predicted octanol–water partition coefficient (Wildman–Crippen LogP) is 2.20. The SMILES string of the molecule is COC(=O)c1ccc(/C=N\n2c(C)nnc2N=[N+]=[N-])cc1. The molecule has 0 unspecified atom stereocenters. The van der Waals surface area contributed by atoms with Crippen LogP contribution in [-0.4, -0.2) is 34.2 Å². The molecule has 21 heavy (non-hydrogen) atoms. The highest BCUT2D eigenvalue weighted by Gasteiger charge is 2.06. The third kappa shape index (κ3) is 3.23. The van der Waals surface area contributed by atoms with Gasteiger partial charge < -0.3 is 4.74 Å². The van der Waals surface area contributed by atoms with E-state index in [1.165, 1.54) is 18.0 Å². The molecule has 0 saturated carbocycles. The minimum Gasteiger partial charge on any atom is -0.465 e. The Bertz CT molecular complexity index is 727. The second kappa shape index (κ2) is 6.31. The fourth-order valence-electron chi connectivity index (χ4n) is 1.53. The second-order valence-corrected chi connectivity index (χ2v) is 3.91. The van der Waals surface area contributed by atoms with Crippen LogP contribution in [0.1, 0.15) is 21.7 Å². The first-order valence-electron chi connectivity index (χ1n) is 5.85. The van der Waals surface area contributed by atoms with Gasteiger partial charge in [0.25, 0.3) is 0 Å². The zero-order valence-corrected chi connectivity index (χ0v) is 11.3. The molecule has 9 heteroatoms. The van der Waals surface area contributed by atoms with Gasteiger partial charge in [-0.2, -0.15) is 9.78 Å². The van der Waals surface area contributed by atoms with E-state index >= 15 is 0 Å². The Hall–Kier alpha value is -3.19. The summed E-state index contributed by atoms with van der Waals surface area (Å²) >= 11 is 0. The molecular weight excluding hydrogens is 274 g/mol. The Labute approximate surface area is 119 Å². The maximum absolute atomic E-state index is 11.3. The van der Waals surface area contributed by atoms with Crippen LogP contribution in [0.2, 0.25) is 0 Å². The molecule has 0 fully saturated rings. The fourth-order valence-corrected chi connectivity index (χ4v) is 1.53. The third-order valence-electron chi connectivity index (χ3n) is 2.57. The van der Waals surface area contributed by atoms with Crippen LogP contribution in [-0.2, 0) is 4.74 Å². The number of rotatable bonds is 4. The average molecular weight is 285 g/mol. The molecule has 1 aromatic carbocycles. The van der Waals surface area contributed by atoms with Crippen molar-refractivity contribution in [1.82, 2.24) is 14.9 Å². The quantitative estimate of drug-likeness (QED) is 0.281. The van der Waals surface area contributed by atoms with Gasteiger partial charge in [0.05, 0.1) is 18.9 Å². The Morgan fingerprint density at radius 2 is 2.10 bits per heavy atom. The summed E-state index contributed by atoms with van der Waals surface area (Å²) in [4.78, 5) is 14.0. The summed E-state index contributed by atoms with van der Waals surface area (Å²) in [5, 5.41) is 15.0. The van der Waals surface area contributed by atoms with Crippen LogP contribution in [0.5, 0.6) is 0 Å². The van der Waals surface area contributed by atoms with Crippen LogP contribution in [0.25, 0.3) is 10.4 Å². The number of ether oxygens (including phenoxy) is 1. The maximum Gasteiger partial charge on any atom is 0.337 e. The van der Waals surface area contributed by atoms with E-state index in [0.717, 1.165) is 5.56 Å². The fraction of sp³-hybridized carbons (Fsp3) is 0.167. The van der Waals surface area contributed by atoms with Crippen molar-refractivity contribution in [1.29, 1.82) is 0 Å². The van der Waals surface area contributed by atoms with Gasteiger partial charge in [0, 0.05) is 4.91 Å². The zero-order chi connectivity index (χ0) is 15.2. The summed E-state index contributed by atoms with van der Waals surface area (Å²) in [5.74, 6) is 0.135. The smallest absolute Gasteiger partial charge is 0.337 e. The van der Waals surface area contributed by atoms with Crippen molar-refractivity contribution in [2.24, 2.45) is 10.2 Å². The maximum atomic E-state index is 11.3. The van der Waals surface area contributed by atoms with E-state index < -0.39 is 5.97 Å². The van der Waals surface area contributed by atoms with Gasteiger partial charge in [-0.25, -0.2) is 4.79 Å². The van der Waals surface area contributed by atoms with E-state index in [0.29, 0.717) is 11.4 Å². The van der Waals surface area contributed by atoms with E-state index in [2.05, 4.69) is 30.1 Å². The summed E-state index contributed by atoms with van der Waals surface area (Å²) in [5.41, 5.74) is 9.63. The third-order valence-corrected chi connectivity index (χ3v) is 2.57. The number of esters is 1. The minimum atomic E-state index is -0.404. The summed E-state index contributed by atoms with van der Waals surface area (Å²) in [6, 6.07) is 6.67. The Kier molecular flexibility index (Phi) is 4.27. The van der Waals surface area contributed by atoms with Crippen molar-refractivity contribution in [3.63, 3.8) is 0 Å². The standard InChI is InChI=1S/C12H11N7O2/c1-8-15-16-12(17-18-13)19(8)14-7-9-3-5-10(6-4-9)11(20)21-2/h3-7H,1-2H3/b14-7-. The molecule has 0 radical (unpaired) electrons. The van der Waals surface area contributed by atoms with Crippen LogP contribution in [0.4, 0.5) is 5.95 Å². The van der Waals surface area contributed by atoms with Crippen molar-refractivity contribution in [3.05, 3.63) is 51.7 Å². The Balaban J connectivity index is 2.24. The van der Waals surface area contributed by atoms with Crippen LogP contribution in [0, 0.1) is 6.92 Å². The van der Waals surface area contributed by atoms with Gasteiger partial charge in [-0.15, -0.1) is 10.2 Å². The number of nitrogens with zero attached hydrogens (tertiary/aromatic N) is 7. The molecule has 0 spiro atoms. The van der Waals surface area contributed by atoms with Crippen molar-refractivity contribution >= 4 is 18.1 Å². The monoisotopic (exact) mass is 285 g/mol. The predicted molar refractivity (Wildman–Crippen MR) is 74.3 cm³/mol. The van der Waals surface area contributed by atoms with Gasteiger partial charge in [0.15, 0.2) is 5.82 Å². The molecule has 0 bridgehead atoms. The Morgan fingerprint density at radius 1 is 1.38 bits per heavy atom. The van der Waals surface area contributed by atoms with Gasteiger partial charge >= 0.3 is 5.97 Å². The molecule has 0 amide bonds. The summed E-state index contributed by atoms with van der Waals surface area (Å²) in [7, 11) is 1.32. The number of hydrogen-bond donors (Lipinski definition) is 0. The number of carbonyl (C=O) groups is 1. The normalized spacial score (nSPS) is 10.4. The lowest BCUT2D eigenvalue weighted by molar-refractivity contribution is 0.0600. The number of hydrogen-bond acceptors (Lipinski definition) is 6. The lowest BCUT2D eigenvalue weighted by Gasteiger charge is -2.00. The number of aryl methyl sites for hydroxylation is 1. The highest BCUT2D eigenvalue weighted by molar-refractivity contribution is 5.90. The molecule has 1 aromatic heterocycles. The molecule has 9 nitrogen and oxygen atoms in total. The number of methoxy groups -OCH3 is 1. The van der Waals surface area contributed by atoms with E-state index in [4.69, 9.17) is 5.53 Å². The van der Waals surface area contributed by atoms with Crippen molar-refractivity contribution < 1.29 is 9.53 Å². The number of aromatic nitrogens is 3. The highest BCUT2D eigenvalue weighted by Crippen LogP contribution is 2.11. The van der Waals surface area contributed by atoms with Crippen molar-refractivity contribution in [3.8, 4) is 0 Å². The van der Waals surface area contributed by atoms with Crippen LogP contribution < -0.4 is 0 Å². The number of benzene rings is 1. The largest absolute Gasteiger partial charge is 0.465 e. The molecule has 0 saturated heterocycles. The molecule has 2 aromatic rings. The Morgan fingerprint density at radius 3 is 2.71 bits per heavy atom. The van der Waals surface area contributed by atoms with Crippen LogP contribution in [0.3, 0.4) is 0 Å². The van der Waals surface area contributed by atoms with Gasteiger partial charge in [-0.3, -0.25) is 0 Å². The topological polar surface area (TPSA) is 118 Å². The van der Waals surface area contributed by atoms with E-state index in [1.54, 1.807) is 31.2 Å². The van der Waals surface area contributed by atoms with E-state index in [1.807, 2.05) is 0 Å². The molecule has 0 aliphatic rings. The molecule has 1 heterocycles.